The van der Waals surface area contributed by atoms with Crippen molar-refractivity contribution in [3.05, 3.63) is 27.1 Å². The maximum atomic E-state index is 12.4. The molecule has 1 aliphatic rings. The largest absolute Gasteiger partial charge is 0.241 e. The molecule has 19 heavy (non-hydrogen) atoms. The lowest BCUT2D eigenvalue weighted by atomic mass is 10.3. The molecular formula is C12H15Br2NO2S2. The van der Waals surface area contributed by atoms with E-state index in [0.717, 1.165) is 23.7 Å². The van der Waals surface area contributed by atoms with Crippen LogP contribution in [0.2, 0.25) is 0 Å². The summed E-state index contributed by atoms with van der Waals surface area (Å²) in [5.74, 6) is 0. The molecule has 1 aromatic carbocycles. The molecule has 1 N–H and O–H groups in total. The van der Waals surface area contributed by atoms with Crippen LogP contribution in [-0.2, 0) is 10.0 Å². The first-order valence-electron chi connectivity index (χ1n) is 5.92. The van der Waals surface area contributed by atoms with E-state index in [1.54, 1.807) is 18.2 Å². The molecule has 0 heterocycles. The van der Waals surface area contributed by atoms with Crippen LogP contribution in [0.5, 0.6) is 0 Å². The topological polar surface area (TPSA) is 46.2 Å². The van der Waals surface area contributed by atoms with Crippen LogP contribution in [0.3, 0.4) is 0 Å². The van der Waals surface area contributed by atoms with Gasteiger partial charge in [0.05, 0.1) is 4.90 Å². The Labute approximate surface area is 135 Å². The van der Waals surface area contributed by atoms with Crippen LogP contribution in [-0.4, -0.2) is 26.0 Å². The number of sulfonamides is 1. The molecule has 0 amide bonds. The maximum absolute atomic E-state index is 12.4. The molecule has 106 valence electrons. The van der Waals surface area contributed by atoms with Gasteiger partial charge in [-0.25, -0.2) is 13.1 Å². The molecule has 1 aliphatic carbocycles. The number of nitrogens with one attached hydrogen (secondary N) is 1. The minimum atomic E-state index is -3.45. The second-order valence-corrected chi connectivity index (χ2v) is 9.15. The molecule has 2 unspecified atom stereocenters. The summed E-state index contributed by atoms with van der Waals surface area (Å²) in [4.78, 5) is 0.295. The van der Waals surface area contributed by atoms with Gasteiger partial charge >= 0.3 is 0 Å². The lowest BCUT2D eigenvalue weighted by Crippen LogP contribution is -2.33. The summed E-state index contributed by atoms with van der Waals surface area (Å²) in [5.41, 5.74) is 0. The summed E-state index contributed by atoms with van der Waals surface area (Å²) in [6, 6.07) is 5.14. The van der Waals surface area contributed by atoms with Crippen molar-refractivity contribution in [2.45, 2.75) is 35.4 Å². The summed E-state index contributed by atoms with van der Waals surface area (Å²) in [7, 11) is -3.45. The van der Waals surface area contributed by atoms with Crippen LogP contribution >= 0.6 is 43.6 Å². The van der Waals surface area contributed by atoms with Crippen LogP contribution in [0.4, 0.5) is 0 Å². The monoisotopic (exact) mass is 427 g/mol. The van der Waals surface area contributed by atoms with Gasteiger partial charge in [0.25, 0.3) is 0 Å². The van der Waals surface area contributed by atoms with Crippen LogP contribution in [0.1, 0.15) is 19.3 Å². The van der Waals surface area contributed by atoms with Gasteiger partial charge in [0.1, 0.15) is 0 Å². The first-order chi connectivity index (χ1) is 8.92. The Balaban J connectivity index is 2.14. The summed E-state index contributed by atoms with van der Waals surface area (Å²) in [5, 5.41) is 0.570. The first kappa shape index (κ1) is 15.8. The second kappa shape index (κ2) is 6.47. The van der Waals surface area contributed by atoms with Gasteiger partial charge in [-0.05, 0) is 59.6 Å². The molecule has 0 aliphatic heterocycles. The molecule has 1 aromatic rings. The van der Waals surface area contributed by atoms with Gasteiger partial charge in [0.2, 0.25) is 10.0 Å². The molecule has 2 atom stereocenters. The van der Waals surface area contributed by atoms with E-state index >= 15 is 0 Å². The van der Waals surface area contributed by atoms with E-state index in [2.05, 4.69) is 42.8 Å². The molecule has 7 heteroatoms. The molecule has 3 nitrogen and oxygen atoms in total. The van der Waals surface area contributed by atoms with Crippen LogP contribution in [0, 0.1) is 0 Å². The normalized spacial score (nSPS) is 23.7. The quantitative estimate of drug-likeness (QED) is 0.793. The molecule has 1 fully saturated rings. The van der Waals surface area contributed by atoms with E-state index < -0.39 is 10.0 Å². The zero-order chi connectivity index (χ0) is 14.0. The predicted molar refractivity (Wildman–Crippen MR) is 87.1 cm³/mol. The van der Waals surface area contributed by atoms with Gasteiger partial charge in [-0.2, -0.15) is 11.8 Å². The molecule has 0 saturated heterocycles. The lowest BCUT2D eigenvalue weighted by Gasteiger charge is -2.14. The second-order valence-electron chi connectivity index (χ2n) is 4.56. The van der Waals surface area contributed by atoms with Crippen molar-refractivity contribution >= 4 is 53.6 Å². The third-order valence-corrected chi connectivity index (χ3v) is 7.31. The third-order valence-electron chi connectivity index (χ3n) is 3.22. The van der Waals surface area contributed by atoms with Crippen molar-refractivity contribution in [2.75, 3.05) is 6.26 Å². The molecule has 0 bridgehead atoms. The van der Waals surface area contributed by atoms with E-state index in [4.69, 9.17) is 0 Å². The highest BCUT2D eigenvalue weighted by Crippen LogP contribution is 2.30. The van der Waals surface area contributed by atoms with Gasteiger partial charge in [0, 0.05) is 20.2 Å². The number of thioether (sulfide) groups is 1. The number of rotatable bonds is 4. The standard InChI is InChI=1S/C12H15Br2NO2S2/c1-18-10-4-3-9(7-10)15-19(16,17)12-5-2-8(13)6-11(12)14/h2,5-6,9-10,15H,3-4,7H2,1H3. The van der Waals surface area contributed by atoms with Crippen molar-refractivity contribution in [3.63, 3.8) is 0 Å². The summed E-state index contributed by atoms with van der Waals surface area (Å²) in [6.07, 6.45) is 4.98. The summed E-state index contributed by atoms with van der Waals surface area (Å²) >= 11 is 8.44. The average Bonchev–Trinajstić information content (AvgIpc) is 2.75. The van der Waals surface area contributed by atoms with Crippen molar-refractivity contribution in [1.82, 2.24) is 4.72 Å². The predicted octanol–water partition coefficient (Wildman–Crippen LogP) is 3.77. The molecule has 0 aromatic heterocycles. The highest BCUT2D eigenvalue weighted by molar-refractivity contribution is 9.11. The summed E-state index contributed by atoms with van der Waals surface area (Å²) in [6.45, 7) is 0. The number of hydrogen-bond donors (Lipinski definition) is 1. The van der Waals surface area contributed by atoms with Gasteiger partial charge in [-0.15, -0.1) is 0 Å². The Kier molecular flexibility index (Phi) is 5.39. The van der Waals surface area contributed by atoms with Crippen LogP contribution in [0.25, 0.3) is 0 Å². The lowest BCUT2D eigenvalue weighted by molar-refractivity contribution is 0.552. The minimum Gasteiger partial charge on any atom is -0.208 e. The average molecular weight is 429 g/mol. The van der Waals surface area contributed by atoms with Crippen molar-refractivity contribution in [1.29, 1.82) is 0 Å². The summed E-state index contributed by atoms with van der Waals surface area (Å²) < 4.78 is 28.9. The Hall–Kier alpha value is 0.440. The molecular weight excluding hydrogens is 414 g/mol. The van der Waals surface area contributed by atoms with E-state index in [0.29, 0.717) is 14.6 Å². The van der Waals surface area contributed by atoms with Gasteiger partial charge in [-0.3, -0.25) is 0 Å². The van der Waals surface area contributed by atoms with Gasteiger partial charge in [0.15, 0.2) is 0 Å². The number of halogens is 2. The van der Waals surface area contributed by atoms with Crippen molar-refractivity contribution in [2.24, 2.45) is 0 Å². The zero-order valence-corrected chi connectivity index (χ0v) is 15.2. The fourth-order valence-corrected chi connectivity index (χ4v) is 6.06. The maximum Gasteiger partial charge on any atom is 0.241 e. The van der Waals surface area contributed by atoms with Crippen LogP contribution < -0.4 is 4.72 Å². The molecule has 1 saturated carbocycles. The molecule has 2 rings (SSSR count). The molecule has 0 spiro atoms. The van der Waals surface area contributed by atoms with E-state index in [-0.39, 0.29) is 6.04 Å². The van der Waals surface area contributed by atoms with Gasteiger partial charge < -0.3 is 0 Å². The van der Waals surface area contributed by atoms with Gasteiger partial charge in [-0.1, -0.05) is 15.9 Å². The fraction of sp³-hybridized carbons (Fsp3) is 0.500. The van der Waals surface area contributed by atoms with E-state index in [1.165, 1.54) is 0 Å². The van der Waals surface area contributed by atoms with E-state index in [9.17, 15) is 8.42 Å². The number of benzene rings is 1. The van der Waals surface area contributed by atoms with Crippen molar-refractivity contribution < 1.29 is 8.42 Å². The number of hydrogen-bond acceptors (Lipinski definition) is 3. The third kappa shape index (κ3) is 3.97. The highest BCUT2D eigenvalue weighted by Gasteiger charge is 2.29. The van der Waals surface area contributed by atoms with Crippen molar-refractivity contribution in [3.8, 4) is 0 Å². The van der Waals surface area contributed by atoms with Crippen LogP contribution in [0.15, 0.2) is 32.0 Å². The fourth-order valence-electron chi connectivity index (χ4n) is 2.24. The Morgan fingerprint density at radius 3 is 2.63 bits per heavy atom. The SMILES string of the molecule is CSC1CCC(NS(=O)(=O)c2ccc(Br)cc2Br)C1. The zero-order valence-electron chi connectivity index (χ0n) is 10.4. The Bertz CT molecular complexity index is 563. The Morgan fingerprint density at radius 2 is 2.05 bits per heavy atom. The highest BCUT2D eigenvalue weighted by atomic mass is 79.9. The first-order valence-corrected chi connectivity index (χ1v) is 10.3. The van der Waals surface area contributed by atoms with E-state index in [1.807, 2.05) is 11.8 Å². The molecule has 0 radical (unpaired) electrons. The minimum absolute atomic E-state index is 0.0537. The Morgan fingerprint density at radius 1 is 1.32 bits per heavy atom. The smallest absolute Gasteiger partial charge is 0.208 e.